The van der Waals surface area contributed by atoms with Crippen LogP contribution in [0.2, 0.25) is 0 Å². The average Bonchev–Trinajstić information content (AvgIpc) is 2.41. The molecule has 1 aromatic rings. The maximum atomic E-state index is 9.99. The lowest BCUT2D eigenvalue weighted by molar-refractivity contribution is -0.0325. The van der Waals surface area contributed by atoms with E-state index in [0.717, 1.165) is 11.3 Å². The molecule has 0 amide bonds. The molecule has 0 atom stereocenters. The molecule has 2 N–H and O–H groups in total. The lowest BCUT2D eigenvalue weighted by Gasteiger charge is -2.38. The number of aryl methyl sites for hydroxylation is 1. The summed E-state index contributed by atoms with van der Waals surface area (Å²) >= 11 is 0. The molecular formula is C14H18N2O2. The molecular weight excluding hydrogens is 228 g/mol. The summed E-state index contributed by atoms with van der Waals surface area (Å²) < 4.78 is 0. The highest BCUT2D eigenvalue weighted by molar-refractivity contribution is 5.57. The van der Waals surface area contributed by atoms with Crippen molar-refractivity contribution in [3.05, 3.63) is 29.3 Å². The van der Waals surface area contributed by atoms with Crippen molar-refractivity contribution in [2.75, 3.05) is 24.6 Å². The number of piperidine rings is 1. The van der Waals surface area contributed by atoms with Crippen LogP contribution in [0.3, 0.4) is 0 Å². The summed E-state index contributed by atoms with van der Waals surface area (Å²) in [5.74, 6) is 0. The lowest BCUT2D eigenvalue weighted by atomic mass is 9.91. The topological polar surface area (TPSA) is 67.5 Å². The highest BCUT2D eigenvalue weighted by Crippen LogP contribution is 2.28. The first-order chi connectivity index (χ1) is 8.58. The van der Waals surface area contributed by atoms with Crippen molar-refractivity contribution in [2.45, 2.75) is 25.4 Å². The van der Waals surface area contributed by atoms with E-state index in [1.165, 1.54) is 0 Å². The van der Waals surface area contributed by atoms with Gasteiger partial charge in [-0.2, -0.15) is 5.26 Å². The molecule has 4 heteroatoms. The SMILES string of the molecule is Cc1ccc(C#N)cc1N1CCC(O)(CO)CC1. The summed E-state index contributed by atoms with van der Waals surface area (Å²) in [7, 11) is 0. The van der Waals surface area contributed by atoms with Gasteiger partial charge in [0.25, 0.3) is 0 Å². The smallest absolute Gasteiger partial charge is 0.0992 e. The van der Waals surface area contributed by atoms with Crippen LogP contribution in [-0.4, -0.2) is 35.5 Å². The molecule has 1 fully saturated rings. The van der Waals surface area contributed by atoms with E-state index in [-0.39, 0.29) is 6.61 Å². The Balaban J connectivity index is 2.17. The third-order valence-electron chi connectivity index (χ3n) is 3.67. The van der Waals surface area contributed by atoms with E-state index in [0.29, 0.717) is 31.5 Å². The Morgan fingerprint density at radius 3 is 2.61 bits per heavy atom. The lowest BCUT2D eigenvalue weighted by Crippen LogP contribution is -2.46. The number of benzene rings is 1. The molecule has 0 radical (unpaired) electrons. The largest absolute Gasteiger partial charge is 0.393 e. The zero-order chi connectivity index (χ0) is 13.2. The second-order valence-corrected chi connectivity index (χ2v) is 4.98. The predicted octanol–water partition coefficient (Wildman–Crippen LogP) is 1.19. The van der Waals surface area contributed by atoms with Crippen molar-refractivity contribution in [1.82, 2.24) is 0 Å². The van der Waals surface area contributed by atoms with Gasteiger partial charge in [0.1, 0.15) is 0 Å². The minimum Gasteiger partial charge on any atom is -0.393 e. The number of anilines is 1. The van der Waals surface area contributed by atoms with Gasteiger partial charge in [-0.25, -0.2) is 0 Å². The molecule has 1 aliphatic rings. The summed E-state index contributed by atoms with van der Waals surface area (Å²) in [6.07, 6.45) is 1.11. The van der Waals surface area contributed by atoms with E-state index >= 15 is 0 Å². The van der Waals surface area contributed by atoms with E-state index in [2.05, 4.69) is 11.0 Å². The zero-order valence-corrected chi connectivity index (χ0v) is 10.6. The van der Waals surface area contributed by atoms with E-state index in [9.17, 15) is 5.11 Å². The number of rotatable bonds is 2. The molecule has 1 aliphatic heterocycles. The van der Waals surface area contributed by atoms with Crippen molar-refractivity contribution in [3.8, 4) is 6.07 Å². The molecule has 0 saturated carbocycles. The van der Waals surface area contributed by atoms with Gasteiger partial charge in [0, 0.05) is 18.8 Å². The Morgan fingerprint density at radius 1 is 1.39 bits per heavy atom. The molecule has 0 aromatic heterocycles. The van der Waals surface area contributed by atoms with Crippen molar-refractivity contribution < 1.29 is 10.2 Å². The molecule has 18 heavy (non-hydrogen) atoms. The number of aliphatic hydroxyl groups is 2. The fourth-order valence-electron chi connectivity index (χ4n) is 2.34. The van der Waals surface area contributed by atoms with E-state index in [4.69, 9.17) is 10.4 Å². The van der Waals surface area contributed by atoms with Crippen LogP contribution in [0, 0.1) is 18.3 Å². The first kappa shape index (κ1) is 12.9. The highest BCUT2D eigenvalue weighted by atomic mass is 16.3. The summed E-state index contributed by atoms with van der Waals surface area (Å²) in [4.78, 5) is 2.17. The van der Waals surface area contributed by atoms with Crippen LogP contribution in [0.25, 0.3) is 0 Å². The van der Waals surface area contributed by atoms with E-state index < -0.39 is 5.60 Å². The standard InChI is InChI=1S/C14H18N2O2/c1-11-2-3-12(9-15)8-13(11)16-6-4-14(18,10-17)5-7-16/h2-3,8,17-18H,4-7,10H2,1H3. The maximum absolute atomic E-state index is 9.99. The van der Waals surface area contributed by atoms with E-state index in [1.807, 2.05) is 25.1 Å². The zero-order valence-electron chi connectivity index (χ0n) is 10.6. The summed E-state index contributed by atoms with van der Waals surface area (Å²) in [5.41, 5.74) is 1.90. The number of aliphatic hydroxyl groups excluding tert-OH is 1. The number of nitrogens with zero attached hydrogens (tertiary/aromatic N) is 2. The average molecular weight is 246 g/mol. The maximum Gasteiger partial charge on any atom is 0.0992 e. The molecule has 1 saturated heterocycles. The van der Waals surface area contributed by atoms with Gasteiger partial charge in [0.15, 0.2) is 0 Å². The summed E-state index contributed by atoms with van der Waals surface area (Å²) in [5, 5.41) is 28.0. The molecule has 2 rings (SSSR count). The third-order valence-corrected chi connectivity index (χ3v) is 3.67. The van der Waals surface area contributed by atoms with Crippen molar-refractivity contribution >= 4 is 5.69 Å². The normalized spacial score (nSPS) is 18.4. The molecule has 96 valence electrons. The molecule has 0 spiro atoms. The first-order valence-electron chi connectivity index (χ1n) is 6.17. The number of nitriles is 1. The monoisotopic (exact) mass is 246 g/mol. The Labute approximate surface area is 107 Å². The van der Waals surface area contributed by atoms with Gasteiger partial charge in [-0.1, -0.05) is 6.07 Å². The third kappa shape index (κ3) is 2.47. The Kier molecular flexibility index (Phi) is 3.55. The fraction of sp³-hybridized carbons (Fsp3) is 0.500. The Hall–Kier alpha value is -1.57. The van der Waals surface area contributed by atoms with Gasteiger partial charge in [-0.15, -0.1) is 0 Å². The Bertz CT molecular complexity index is 471. The molecule has 0 aliphatic carbocycles. The van der Waals surface area contributed by atoms with Crippen LogP contribution in [0.5, 0.6) is 0 Å². The number of hydrogen-bond donors (Lipinski definition) is 2. The van der Waals surface area contributed by atoms with E-state index in [1.54, 1.807) is 0 Å². The van der Waals surface area contributed by atoms with Crippen molar-refractivity contribution in [3.63, 3.8) is 0 Å². The summed E-state index contributed by atoms with van der Waals surface area (Å²) in [6, 6.07) is 7.79. The highest BCUT2D eigenvalue weighted by Gasteiger charge is 2.31. The van der Waals surface area contributed by atoms with Crippen molar-refractivity contribution in [1.29, 1.82) is 5.26 Å². The van der Waals surface area contributed by atoms with Crippen LogP contribution in [-0.2, 0) is 0 Å². The van der Waals surface area contributed by atoms with Gasteiger partial charge in [0.05, 0.1) is 23.8 Å². The van der Waals surface area contributed by atoms with Gasteiger partial charge < -0.3 is 15.1 Å². The fourth-order valence-corrected chi connectivity index (χ4v) is 2.34. The van der Waals surface area contributed by atoms with Crippen LogP contribution in [0.1, 0.15) is 24.0 Å². The van der Waals surface area contributed by atoms with Gasteiger partial charge in [-0.05, 0) is 37.5 Å². The molecule has 0 unspecified atom stereocenters. The van der Waals surface area contributed by atoms with Gasteiger partial charge in [-0.3, -0.25) is 0 Å². The second-order valence-electron chi connectivity index (χ2n) is 4.98. The van der Waals surface area contributed by atoms with Gasteiger partial charge in [0.2, 0.25) is 0 Å². The predicted molar refractivity (Wildman–Crippen MR) is 69.4 cm³/mol. The molecule has 4 nitrogen and oxygen atoms in total. The minimum absolute atomic E-state index is 0.182. The first-order valence-corrected chi connectivity index (χ1v) is 6.17. The Morgan fingerprint density at radius 2 is 2.06 bits per heavy atom. The molecule has 0 bridgehead atoms. The van der Waals surface area contributed by atoms with Gasteiger partial charge >= 0.3 is 0 Å². The second kappa shape index (κ2) is 4.97. The minimum atomic E-state index is -0.933. The van der Waals surface area contributed by atoms with Crippen LogP contribution in [0.15, 0.2) is 18.2 Å². The quantitative estimate of drug-likeness (QED) is 0.822. The molecule has 1 heterocycles. The number of hydrogen-bond acceptors (Lipinski definition) is 4. The van der Waals surface area contributed by atoms with Crippen LogP contribution >= 0.6 is 0 Å². The molecule has 1 aromatic carbocycles. The van der Waals surface area contributed by atoms with Crippen molar-refractivity contribution in [2.24, 2.45) is 0 Å². The summed E-state index contributed by atoms with van der Waals surface area (Å²) in [6.45, 7) is 3.24. The van der Waals surface area contributed by atoms with Crippen LogP contribution in [0.4, 0.5) is 5.69 Å². The van der Waals surface area contributed by atoms with Crippen LogP contribution < -0.4 is 4.90 Å².